The highest BCUT2D eigenvalue weighted by molar-refractivity contribution is 4.55. The fourth-order valence-electron chi connectivity index (χ4n) is 9.75. The van der Waals surface area contributed by atoms with Gasteiger partial charge in [-0.15, -0.1) is 0 Å². The van der Waals surface area contributed by atoms with Crippen molar-refractivity contribution in [1.29, 1.82) is 0 Å². The molecule has 0 heterocycles. The highest BCUT2D eigenvalue weighted by Crippen LogP contribution is 2.20. The summed E-state index contributed by atoms with van der Waals surface area (Å²) in [6.45, 7) is 5.67. The number of hydrogen-bond acceptors (Lipinski definition) is 1. The topological polar surface area (TPSA) is 9.23 Å². The molecular weight excluding hydrogens is 713 g/mol. The van der Waals surface area contributed by atoms with E-state index in [0.29, 0.717) is 0 Å². The van der Waals surface area contributed by atoms with E-state index in [2.05, 4.69) is 0 Å². The third-order valence-corrected chi connectivity index (χ3v) is 13.9. The summed E-state index contributed by atoms with van der Waals surface area (Å²) in [5.74, 6) is 0. The van der Waals surface area contributed by atoms with Crippen LogP contribution >= 0.6 is 0 Å². The number of rotatable bonds is 2. The van der Waals surface area contributed by atoms with Crippen molar-refractivity contribution in [1.82, 2.24) is 0 Å². The molecule has 0 aliphatic heterocycles. The number of ether oxygens (including phenoxy) is 1. The summed E-state index contributed by atoms with van der Waals surface area (Å²) in [5, 5.41) is 0. The van der Waals surface area contributed by atoms with Gasteiger partial charge in [0.1, 0.15) is 0 Å². The van der Waals surface area contributed by atoms with E-state index in [1.165, 1.54) is 347 Å². The standard InChI is InChI=1S/9C6H12.C4H10O/c9*1-2-4-6-5-3-1;1-3-5-4-2/h9*1-6H2;3-4H2,1-2H3. The summed E-state index contributed by atoms with van der Waals surface area (Å²) in [7, 11) is 0. The van der Waals surface area contributed by atoms with Gasteiger partial charge in [0, 0.05) is 13.2 Å². The second-order valence-corrected chi connectivity index (χ2v) is 19.9. The molecule has 356 valence electrons. The van der Waals surface area contributed by atoms with Crippen molar-refractivity contribution in [3.05, 3.63) is 0 Å². The molecule has 0 amide bonds. The molecule has 9 aliphatic carbocycles. The molecule has 0 atom stereocenters. The molecule has 0 aromatic carbocycles. The van der Waals surface area contributed by atoms with Gasteiger partial charge in [-0.05, 0) is 13.8 Å². The van der Waals surface area contributed by atoms with Gasteiger partial charge in [-0.2, -0.15) is 0 Å². The Balaban J connectivity index is 0.000000634. The van der Waals surface area contributed by atoms with Gasteiger partial charge in [-0.3, -0.25) is 0 Å². The minimum Gasteiger partial charge on any atom is -0.382 e. The van der Waals surface area contributed by atoms with Crippen molar-refractivity contribution >= 4 is 0 Å². The molecule has 9 saturated carbocycles. The Morgan fingerprint density at radius 1 is 0.136 bits per heavy atom. The molecule has 0 spiro atoms. The lowest BCUT2D eigenvalue weighted by Crippen LogP contribution is -1.85. The van der Waals surface area contributed by atoms with Crippen molar-refractivity contribution in [2.45, 2.75) is 361 Å². The normalized spacial score (nSPS) is 22.7. The van der Waals surface area contributed by atoms with Crippen LogP contribution in [0.1, 0.15) is 361 Å². The third kappa shape index (κ3) is 58.0. The van der Waals surface area contributed by atoms with Crippen LogP contribution in [0.5, 0.6) is 0 Å². The van der Waals surface area contributed by atoms with Crippen molar-refractivity contribution in [3.8, 4) is 0 Å². The summed E-state index contributed by atoms with van der Waals surface area (Å²) < 4.78 is 4.83. The van der Waals surface area contributed by atoms with E-state index in [9.17, 15) is 0 Å². The molecule has 9 rings (SSSR count). The van der Waals surface area contributed by atoms with Gasteiger partial charge < -0.3 is 4.74 Å². The first-order valence-electron chi connectivity index (χ1n) is 29.0. The van der Waals surface area contributed by atoms with Gasteiger partial charge in [0.2, 0.25) is 0 Å². The van der Waals surface area contributed by atoms with E-state index in [4.69, 9.17) is 4.74 Å². The maximum atomic E-state index is 4.83. The predicted octanol–water partition coefficient (Wildman–Crippen LogP) is 22.1. The van der Waals surface area contributed by atoms with E-state index >= 15 is 0 Å². The molecule has 0 aromatic heterocycles. The van der Waals surface area contributed by atoms with Gasteiger partial charge in [0.25, 0.3) is 0 Å². The zero-order valence-corrected chi connectivity index (χ0v) is 42.0. The van der Waals surface area contributed by atoms with Crippen LogP contribution in [-0.4, -0.2) is 13.2 Å². The van der Waals surface area contributed by atoms with Crippen LogP contribution in [0.15, 0.2) is 0 Å². The van der Waals surface area contributed by atoms with Gasteiger partial charge >= 0.3 is 0 Å². The quantitative estimate of drug-likeness (QED) is 0.269. The number of hydrogen-bond donors (Lipinski definition) is 0. The maximum absolute atomic E-state index is 4.83. The van der Waals surface area contributed by atoms with Crippen molar-refractivity contribution in [2.75, 3.05) is 13.2 Å². The first-order chi connectivity index (χ1) is 29.4. The Hall–Kier alpha value is -0.0400. The Kier molecular flexibility index (Phi) is 57.9. The zero-order chi connectivity index (χ0) is 42.3. The fourth-order valence-corrected chi connectivity index (χ4v) is 9.75. The first-order valence-corrected chi connectivity index (χ1v) is 29.0. The monoisotopic (exact) mass is 831 g/mol. The molecule has 59 heavy (non-hydrogen) atoms. The average Bonchev–Trinajstić information content (AvgIpc) is 3.38. The van der Waals surface area contributed by atoms with Gasteiger partial charge in [-0.1, -0.05) is 347 Å². The second kappa shape index (κ2) is 58.0. The lowest BCUT2D eigenvalue weighted by molar-refractivity contribution is 0.162. The van der Waals surface area contributed by atoms with Crippen LogP contribution in [0.2, 0.25) is 0 Å². The largest absolute Gasteiger partial charge is 0.382 e. The Bertz CT molecular complexity index is 359. The molecule has 9 aliphatic rings. The Morgan fingerprint density at radius 3 is 0.203 bits per heavy atom. The summed E-state index contributed by atoms with van der Waals surface area (Å²) in [5.41, 5.74) is 0. The van der Waals surface area contributed by atoms with Gasteiger partial charge in [0.05, 0.1) is 0 Å². The van der Waals surface area contributed by atoms with Crippen LogP contribution in [0.4, 0.5) is 0 Å². The summed E-state index contributed by atoms with van der Waals surface area (Å²) in [6, 6.07) is 0. The van der Waals surface area contributed by atoms with Crippen molar-refractivity contribution in [2.24, 2.45) is 0 Å². The molecule has 0 radical (unpaired) electrons. The van der Waals surface area contributed by atoms with Gasteiger partial charge in [-0.25, -0.2) is 0 Å². The van der Waals surface area contributed by atoms with Crippen LogP contribution in [0.3, 0.4) is 0 Å². The summed E-state index contributed by atoms with van der Waals surface area (Å²) in [6.07, 6.45) is 81.0. The average molecular weight is 832 g/mol. The fraction of sp³-hybridized carbons (Fsp3) is 1.00. The van der Waals surface area contributed by atoms with Crippen molar-refractivity contribution < 1.29 is 4.74 Å². The SMILES string of the molecule is C1CCCCC1.C1CCCCC1.C1CCCCC1.C1CCCCC1.C1CCCCC1.C1CCCCC1.C1CCCCC1.C1CCCCC1.C1CCCCC1.CCOCC. The Morgan fingerprint density at radius 2 is 0.186 bits per heavy atom. The lowest BCUT2D eigenvalue weighted by Gasteiger charge is -2.05. The smallest absolute Gasteiger partial charge is 0.0437 e. The highest BCUT2D eigenvalue weighted by Gasteiger charge is 2.00. The lowest BCUT2D eigenvalue weighted by atomic mass is 10.0. The van der Waals surface area contributed by atoms with E-state index in [1.54, 1.807) is 0 Å². The van der Waals surface area contributed by atoms with Gasteiger partial charge in [0.15, 0.2) is 0 Å². The van der Waals surface area contributed by atoms with E-state index in [0.717, 1.165) is 13.2 Å². The summed E-state index contributed by atoms with van der Waals surface area (Å²) in [4.78, 5) is 0. The van der Waals surface area contributed by atoms with Crippen molar-refractivity contribution in [3.63, 3.8) is 0 Å². The van der Waals surface area contributed by atoms with E-state index < -0.39 is 0 Å². The van der Waals surface area contributed by atoms with Crippen LogP contribution in [0, 0.1) is 0 Å². The summed E-state index contributed by atoms with van der Waals surface area (Å²) >= 11 is 0. The predicted molar refractivity (Wildman–Crippen MR) is 271 cm³/mol. The third-order valence-electron chi connectivity index (χ3n) is 13.9. The van der Waals surface area contributed by atoms with Crippen LogP contribution in [-0.2, 0) is 4.74 Å². The molecule has 9 fully saturated rings. The highest BCUT2D eigenvalue weighted by atomic mass is 16.5. The molecule has 0 bridgehead atoms. The van der Waals surface area contributed by atoms with E-state index in [-0.39, 0.29) is 0 Å². The van der Waals surface area contributed by atoms with Crippen LogP contribution < -0.4 is 0 Å². The Labute approximate surface area is 377 Å². The first kappa shape index (κ1) is 59.0. The molecule has 1 heteroatoms. The second-order valence-electron chi connectivity index (χ2n) is 19.9. The molecule has 1 nitrogen and oxygen atoms in total. The minimum atomic E-state index is 0.844. The molecular formula is C58H118O. The van der Waals surface area contributed by atoms with E-state index in [1.807, 2.05) is 13.8 Å². The maximum Gasteiger partial charge on any atom is 0.0437 e. The zero-order valence-electron chi connectivity index (χ0n) is 42.0. The minimum absolute atomic E-state index is 0.844. The molecule has 0 saturated heterocycles. The van der Waals surface area contributed by atoms with Crippen LogP contribution in [0.25, 0.3) is 0 Å². The molecule has 0 N–H and O–H groups in total. The molecule has 0 aromatic rings. The molecule has 0 unspecified atom stereocenters.